The van der Waals surface area contributed by atoms with Crippen molar-refractivity contribution in [2.75, 3.05) is 0 Å². The number of carbonyl (C=O) groups excluding carboxylic acids is 1. The highest BCUT2D eigenvalue weighted by Gasteiger charge is 2.43. The molecule has 18 heavy (non-hydrogen) atoms. The lowest BCUT2D eigenvalue weighted by Gasteiger charge is -2.28. The third-order valence-corrected chi connectivity index (χ3v) is 4.33. The van der Waals surface area contributed by atoms with Crippen LogP contribution in [0.25, 0.3) is 0 Å². The van der Waals surface area contributed by atoms with Crippen molar-refractivity contribution in [3.8, 4) is 6.07 Å². The molecule has 1 aliphatic heterocycles. The van der Waals surface area contributed by atoms with E-state index in [2.05, 4.69) is 11.4 Å². The minimum Gasteiger partial charge on any atom is -0.374 e. The lowest BCUT2D eigenvalue weighted by molar-refractivity contribution is -0.128. The van der Waals surface area contributed by atoms with Crippen LogP contribution < -0.4 is 5.32 Å². The Morgan fingerprint density at radius 2 is 1.83 bits per heavy atom. The molecule has 1 saturated heterocycles. The molecule has 4 heteroatoms. The molecule has 4 unspecified atom stereocenters. The monoisotopic (exact) mass is 252 g/mol. The van der Waals surface area contributed by atoms with Gasteiger partial charge in [-0.25, -0.2) is 0 Å². The quantitative estimate of drug-likeness (QED) is 0.834. The Morgan fingerprint density at radius 1 is 1.28 bits per heavy atom. The summed E-state index contributed by atoms with van der Waals surface area (Å²) in [5, 5.41) is 12.2. The number of rotatable bonds is 4. The Kier molecular flexibility index (Phi) is 4.75. The summed E-state index contributed by atoms with van der Waals surface area (Å²) in [5.41, 5.74) is -0.734. The van der Waals surface area contributed by atoms with Crippen molar-refractivity contribution in [2.24, 2.45) is 11.8 Å². The Morgan fingerprint density at radius 3 is 2.17 bits per heavy atom. The Hall–Kier alpha value is -1.08. The SMILES string of the molecule is CCC(C#N)(CC)NC(=O)C1C(C)OC(C)C1C. The van der Waals surface area contributed by atoms with Gasteiger partial charge in [-0.3, -0.25) is 4.79 Å². The molecule has 0 saturated carbocycles. The van der Waals surface area contributed by atoms with Crippen LogP contribution in [-0.2, 0) is 9.53 Å². The first-order valence-corrected chi connectivity index (χ1v) is 6.79. The number of carbonyl (C=O) groups is 1. The molecule has 1 rings (SSSR count). The smallest absolute Gasteiger partial charge is 0.227 e. The number of hydrogen-bond donors (Lipinski definition) is 1. The highest BCUT2D eigenvalue weighted by Crippen LogP contribution is 2.32. The maximum absolute atomic E-state index is 12.4. The predicted molar refractivity (Wildman–Crippen MR) is 69.7 cm³/mol. The van der Waals surface area contributed by atoms with E-state index in [0.29, 0.717) is 12.8 Å². The summed E-state index contributed by atoms with van der Waals surface area (Å²) in [4.78, 5) is 12.4. The fourth-order valence-corrected chi connectivity index (χ4v) is 2.65. The molecule has 102 valence electrons. The Balaban J connectivity index is 2.80. The first-order chi connectivity index (χ1) is 8.40. The van der Waals surface area contributed by atoms with Gasteiger partial charge in [0.25, 0.3) is 0 Å². The summed E-state index contributed by atoms with van der Waals surface area (Å²) < 4.78 is 5.68. The molecule has 4 atom stereocenters. The highest BCUT2D eigenvalue weighted by molar-refractivity contribution is 5.81. The fraction of sp³-hybridized carbons (Fsp3) is 0.857. The summed E-state index contributed by atoms with van der Waals surface area (Å²) in [6.45, 7) is 9.80. The van der Waals surface area contributed by atoms with Crippen molar-refractivity contribution >= 4 is 5.91 Å². The second kappa shape index (κ2) is 5.71. The second-order valence-corrected chi connectivity index (χ2v) is 5.32. The zero-order valence-corrected chi connectivity index (χ0v) is 12.0. The van der Waals surface area contributed by atoms with Gasteiger partial charge in [-0.05, 0) is 32.6 Å². The van der Waals surface area contributed by atoms with E-state index in [1.807, 2.05) is 34.6 Å². The van der Waals surface area contributed by atoms with Crippen LogP contribution in [0.4, 0.5) is 0 Å². The van der Waals surface area contributed by atoms with Gasteiger partial charge in [0, 0.05) is 0 Å². The number of nitrogens with zero attached hydrogens (tertiary/aromatic N) is 1. The molecule has 0 spiro atoms. The third-order valence-electron chi connectivity index (χ3n) is 4.33. The molecular weight excluding hydrogens is 228 g/mol. The van der Waals surface area contributed by atoms with Crippen LogP contribution in [0.2, 0.25) is 0 Å². The molecule has 1 amide bonds. The highest BCUT2D eigenvalue weighted by atomic mass is 16.5. The minimum absolute atomic E-state index is 0.0513. The van der Waals surface area contributed by atoms with Crippen LogP contribution in [0, 0.1) is 23.2 Å². The lowest BCUT2D eigenvalue weighted by Crippen LogP contribution is -2.50. The van der Waals surface area contributed by atoms with Crippen molar-refractivity contribution in [1.29, 1.82) is 5.26 Å². The number of hydrogen-bond acceptors (Lipinski definition) is 3. The molecule has 4 nitrogen and oxygen atoms in total. The fourth-order valence-electron chi connectivity index (χ4n) is 2.65. The van der Waals surface area contributed by atoms with Gasteiger partial charge in [0.1, 0.15) is 5.54 Å². The van der Waals surface area contributed by atoms with Crippen LogP contribution in [0.3, 0.4) is 0 Å². The van der Waals surface area contributed by atoms with Gasteiger partial charge in [0.05, 0.1) is 24.2 Å². The van der Waals surface area contributed by atoms with Gasteiger partial charge in [0.15, 0.2) is 0 Å². The molecule has 0 aromatic carbocycles. The standard InChI is InChI=1S/C14H24N2O2/c1-6-14(7-2,8-15)16-13(17)12-9(3)10(4)18-11(12)5/h9-12H,6-7H2,1-5H3,(H,16,17). The third kappa shape index (κ3) is 2.67. The summed E-state index contributed by atoms with van der Waals surface area (Å²) in [6.07, 6.45) is 1.26. The van der Waals surface area contributed by atoms with E-state index in [-0.39, 0.29) is 30.0 Å². The molecule has 0 bridgehead atoms. The predicted octanol–water partition coefficient (Wildman–Crippen LogP) is 2.24. The van der Waals surface area contributed by atoms with Crippen molar-refractivity contribution in [1.82, 2.24) is 5.32 Å². The summed E-state index contributed by atoms with van der Waals surface area (Å²) in [6, 6.07) is 2.24. The Bertz CT molecular complexity index is 344. The van der Waals surface area contributed by atoms with E-state index in [9.17, 15) is 10.1 Å². The lowest BCUT2D eigenvalue weighted by atomic mass is 9.86. The van der Waals surface area contributed by atoms with E-state index >= 15 is 0 Å². The van der Waals surface area contributed by atoms with Crippen LogP contribution in [0.1, 0.15) is 47.5 Å². The van der Waals surface area contributed by atoms with Crippen LogP contribution in [0.5, 0.6) is 0 Å². The van der Waals surface area contributed by atoms with Crippen molar-refractivity contribution in [2.45, 2.75) is 65.2 Å². The Labute approximate surface area is 110 Å². The van der Waals surface area contributed by atoms with Gasteiger partial charge in [0.2, 0.25) is 5.91 Å². The average Bonchev–Trinajstić information content (AvgIpc) is 2.60. The summed E-state index contributed by atoms with van der Waals surface area (Å²) >= 11 is 0. The van der Waals surface area contributed by atoms with Crippen molar-refractivity contribution < 1.29 is 9.53 Å². The zero-order chi connectivity index (χ0) is 13.9. The van der Waals surface area contributed by atoms with E-state index in [4.69, 9.17) is 4.74 Å². The van der Waals surface area contributed by atoms with E-state index in [1.165, 1.54) is 0 Å². The zero-order valence-electron chi connectivity index (χ0n) is 12.0. The first-order valence-electron chi connectivity index (χ1n) is 6.79. The first kappa shape index (κ1) is 15.0. The maximum Gasteiger partial charge on any atom is 0.227 e. The van der Waals surface area contributed by atoms with Crippen LogP contribution in [-0.4, -0.2) is 23.7 Å². The number of nitrogens with one attached hydrogen (secondary N) is 1. The average molecular weight is 252 g/mol. The molecule has 1 heterocycles. The van der Waals surface area contributed by atoms with E-state index in [1.54, 1.807) is 0 Å². The number of nitriles is 1. The van der Waals surface area contributed by atoms with Gasteiger partial charge < -0.3 is 10.1 Å². The topological polar surface area (TPSA) is 62.1 Å². The summed E-state index contributed by atoms with van der Waals surface area (Å²) in [7, 11) is 0. The van der Waals surface area contributed by atoms with Gasteiger partial charge in [-0.1, -0.05) is 20.8 Å². The van der Waals surface area contributed by atoms with E-state index < -0.39 is 5.54 Å². The summed E-state index contributed by atoms with van der Waals surface area (Å²) in [5.74, 6) is -0.0273. The van der Waals surface area contributed by atoms with Crippen LogP contribution in [0.15, 0.2) is 0 Å². The molecule has 0 radical (unpaired) electrons. The second-order valence-electron chi connectivity index (χ2n) is 5.32. The van der Waals surface area contributed by atoms with Crippen LogP contribution >= 0.6 is 0 Å². The minimum atomic E-state index is -0.734. The van der Waals surface area contributed by atoms with Gasteiger partial charge in [-0.2, -0.15) is 5.26 Å². The van der Waals surface area contributed by atoms with Crippen molar-refractivity contribution in [3.05, 3.63) is 0 Å². The molecule has 1 N–H and O–H groups in total. The molecule has 0 aromatic heterocycles. The molecule has 0 aliphatic carbocycles. The molecule has 1 fully saturated rings. The number of amides is 1. The van der Waals surface area contributed by atoms with Gasteiger partial charge in [-0.15, -0.1) is 0 Å². The largest absolute Gasteiger partial charge is 0.374 e. The normalized spacial score (nSPS) is 32.0. The van der Waals surface area contributed by atoms with Gasteiger partial charge >= 0.3 is 0 Å². The molecule has 0 aromatic rings. The van der Waals surface area contributed by atoms with E-state index in [0.717, 1.165) is 0 Å². The molecule has 1 aliphatic rings. The molecular formula is C14H24N2O2. The number of ether oxygens (including phenoxy) is 1. The van der Waals surface area contributed by atoms with Crippen molar-refractivity contribution in [3.63, 3.8) is 0 Å². The maximum atomic E-state index is 12.4.